The Hall–Kier alpha value is -3.19. The first-order chi connectivity index (χ1) is 11.8. The lowest BCUT2D eigenvalue weighted by Gasteiger charge is -1.98. The fraction of sp³-hybridized carbons (Fsp3) is 0.118. The highest BCUT2D eigenvalue weighted by atomic mass is 16.5. The zero-order valence-electron chi connectivity index (χ0n) is 12.7. The van der Waals surface area contributed by atoms with E-state index in [1.54, 1.807) is 24.4 Å². The number of rotatable bonds is 5. The van der Waals surface area contributed by atoms with Crippen LogP contribution in [-0.2, 0) is 13.1 Å². The molecule has 0 bridgehead atoms. The molecule has 0 fully saturated rings. The Balaban J connectivity index is 1.39. The van der Waals surface area contributed by atoms with Crippen LogP contribution in [0.4, 0.5) is 0 Å². The maximum atomic E-state index is 9.50. The van der Waals surface area contributed by atoms with Crippen LogP contribution in [0.2, 0.25) is 0 Å². The Morgan fingerprint density at radius 1 is 1.17 bits per heavy atom. The zero-order chi connectivity index (χ0) is 16.4. The van der Waals surface area contributed by atoms with Crippen molar-refractivity contribution in [2.75, 3.05) is 0 Å². The summed E-state index contributed by atoms with van der Waals surface area (Å²) >= 11 is 0. The third kappa shape index (κ3) is 2.97. The molecule has 0 saturated carbocycles. The van der Waals surface area contributed by atoms with Gasteiger partial charge in [0, 0.05) is 41.1 Å². The van der Waals surface area contributed by atoms with E-state index in [0.29, 0.717) is 30.4 Å². The minimum absolute atomic E-state index is 0.172. The molecule has 0 unspecified atom stereocenters. The van der Waals surface area contributed by atoms with Crippen LogP contribution in [0.15, 0.2) is 53.3 Å². The van der Waals surface area contributed by atoms with Crippen molar-refractivity contribution in [1.29, 1.82) is 0 Å². The number of H-pyrrole nitrogens is 1. The number of fused-ring (bicyclic) bond motifs is 1. The average molecular weight is 321 g/mol. The second kappa shape index (κ2) is 6.13. The van der Waals surface area contributed by atoms with Gasteiger partial charge in [0.05, 0.1) is 6.54 Å². The van der Waals surface area contributed by atoms with Gasteiger partial charge in [-0.3, -0.25) is 4.98 Å². The summed E-state index contributed by atoms with van der Waals surface area (Å²) in [5.41, 5.74) is 2.84. The predicted molar refractivity (Wildman–Crippen MR) is 88.0 cm³/mol. The van der Waals surface area contributed by atoms with Crippen LogP contribution in [0.5, 0.6) is 5.75 Å². The molecule has 3 aromatic heterocycles. The van der Waals surface area contributed by atoms with Gasteiger partial charge in [0.15, 0.2) is 0 Å². The predicted octanol–water partition coefficient (Wildman–Crippen LogP) is 2.61. The van der Waals surface area contributed by atoms with Gasteiger partial charge in [-0.1, -0.05) is 17.3 Å². The summed E-state index contributed by atoms with van der Waals surface area (Å²) in [6.45, 7) is 1.11. The van der Waals surface area contributed by atoms with Gasteiger partial charge < -0.3 is 19.9 Å². The first-order valence-corrected chi connectivity index (χ1v) is 7.52. The Bertz CT molecular complexity index is 943. The van der Waals surface area contributed by atoms with E-state index in [-0.39, 0.29) is 5.75 Å². The molecule has 7 heteroatoms. The molecule has 0 atom stereocenters. The van der Waals surface area contributed by atoms with Crippen molar-refractivity contribution >= 4 is 10.9 Å². The summed E-state index contributed by atoms with van der Waals surface area (Å²) in [6.07, 6.45) is 3.59. The molecule has 1 aromatic carbocycles. The van der Waals surface area contributed by atoms with E-state index in [2.05, 4.69) is 31.5 Å². The molecule has 7 nitrogen and oxygen atoms in total. The van der Waals surface area contributed by atoms with Gasteiger partial charge in [0.2, 0.25) is 11.7 Å². The lowest BCUT2D eigenvalue weighted by molar-refractivity contribution is 0.367. The molecular formula is C17H15N5O2. The van der Waals surface area contributed by atoms with Gasteiger partial charge in [-0.25, -0.2) is 0 Å². The number of nitrogens with zero attached hydrogens (tertiary/aromatic N) is 3. The maximum Gasteiger partial charge on any atom is 0.240 e. The van der Waals surface area contributed by atoms with Crippen LogP contribution < -0.4 is 5.32 Å². The van der Waals surface area contributed by atoms with E-state index < -0.39 is 0 Å². The van der Waals surface area contributed by atoms with Crippen molar-refractivity contribution < 1.29 is 9.63 Å². The Kier molecular flexibility index (Phi) is 3.68. The minimum Gasteiger partial charge on any atom is -0.508 e. The lowest BCUT2D eigenvalue weighted by atomic mass is 10.2. The molecule has 0 spiro atoms. The van der Waals surface area contributed by atoms with Crippen LogP contribution in [0.1, 0.15) is 11.6 Å². The molecule has 0 radical (unpaired) electrons. The Labute approximate surface area is 137 Å². The summed E-state index contributed by atoms with van der Waals surface area (Å²) in [4.78, 5) is 11.7. The highest BCUT2D eigenvalue weighted by molar-refractivity contribution is 5.79. The zero-order valence-corrected chi connectivity index (χ0v) is 12.7. The average Bonchev–Trinajstić information content (AvgIpc) is 3.21. The highest BCUT2D eigenvalue weighted by Gasteiger charge is 2.09. The Morgan fingerprint density at radius 2 is 2.12 bits per heavy atom. The van der Waals surface area contributed by atoms with Gasteiger partial charge in [0.25, 0.3) is 0 Å². The molecule has 3 N–H and O–H groups in total. The minimum atomic E-state index is 0.172. The number of phenols is 1. The third-order valence-corrected chi connectivity index (χ3v) is 3.64. The largest absolute Gasteiger partial charge is 0.508 e. The van der Waals surface area contributed by atoms with Crippen LogP contribution in [-0.4, -0.2) is 25.2 Å². The molecule has 24 heavy (non-hydrogen) atoms. The molecule has 0 aliphatic carbocycles. The first-order valence-electron chi connectivity index (χ1n) is 7.52. The van der Waals surface area contributed by atoms with Crippen molar-refractivity contribution in [1.82, 2.24) is 25.4 Å². The highest BCUT2D eigenvalue weighted by Crippen LogP contribution is 2.20. The summed E-state index contributed by atoms with van der Waals surface area (Å²) in [7, 11) is 0. The summed E-state index contributed by atoms with van der Waals surface area (Å²) < 4.78 is 5.23. The van der Waals surface area contributed by atoms with E-state index in [4.69, 9.17) is 4.52 Å². The number of nitrogens with one attached hydrogen (secondary N) is 2. The number of pyridine rings is 1. The third-order valence-electron chi connectivity index (χ3n) is 3.64. The molecule has 4 rings (SSSR count). The molecule has 3 heterocycles. The molecule has 0 saturated heterocycles. The lowest BCUT2D eigenvalue weighted by Crippen LogP contribution is -2.13. The SMILES string of the molecule is Oc1cccc(-c2noc(CNCc3cc4cnccc4[nH]3)n2)c1. The number of aromatic amines is 1. The molecule has 0 aliphatic heterocycles. The van der Waals surface area contributed by atoms with Crippen LogP contribution in [0.25, 0.3) is 22.3 Å². The van der Waals surface area contributed by atoms with Crippen molar-refractivity contribution in [2.45, 2.75) is 13.1 Å². The molecule has 4 aromatic rings. The molecule has 120 valence electrons. The van der Waals surface area contributed by atoms with E-state index in [1.165, 1.54) is 0 Å². The van der Waals surface area contributed by atoms with Crippen LogP contribution in [0.3, 0.4) is 0 Å². The van der Waals surface area contributed by atoms with E-state index in [1.807, 2.05) is 18.3 Å². The quantitative estimate of drug-likeness (QED) is 0.522. The monoisotopic (exact) mass is 321 g/mol. The van der Waals surface area contributed by atoms with Gasteiger partial charge in [-0.15, -0.1) is 0 Å². The number of aromatic nitrogens is 4. The second-order valence-corrected chi connectivity index (χ2v) is 5.42. The van der Waals surface area contributed by atoms with E-state index >= 15 is 0 Å². The van der Waals surface area contributed by atoms with Gasteiger partial charge in [0.1, 0.15) is 5.75 Å². The summed E-state index contributed by atoms with van der Waals surface area (Å²) in [5, 5.41) is 17.8. The van der Waals surface area contributed by atoms with Crippen molar-refractivity contribution in [3.05, 3.63) is 60.4 Å². The standard InChI is InChI=1S/C17H15N5O2/c23-14-3-1-2-11(7-14)17-21-16(24-22-17)10-19-9-13-6-12-8-18-5-4-15(12)20-13/h1-8,19-20,23H,9-10H2. The van der Waals surface area contributed by atoms with Crippen LogP contribution >= 0.6 is 0 Å². The second-order valence-electron chi connectivity index (χ2n) is 5.42. The molecular weight excluding hydrogens is 306 g/mol. The van der Waals surface area contributed by atoms with Gasteiger partial charge in [-0.2, -0.15) is 4.98 Å². The first kappa shape index (κ1) is 14.4. The fourth-order valence-corrected chi connectivity index (χ4v) is 2.52. The number of benzene rings is 1. The van der Waals surface area contributed by atoms with E-state index in [9.17, 15) is 5.11 Å². The smallest absolute Gasteiger partial charge is 0.240 e. The van der Waals surface area contributed by atoms with Crippen molar-refractivity contribution in [3.8, 4) is 17.1 Å². The van der Waals surface area contributed by atoms with Gasteiger partial charge in [-0.05, 0) is 24.3 Å². The number of hydrogen-bond donors (Lipinski definition) is 3. The molecule has 0 aliphatic rings. The molecule has 0 amide bonds. The number of aromatic hydroxyl groups is 1. The topological polar surface area (TPSA) is 99.9 Å². The fourth-order valence-electron chi connectivity index (χ4n) is 2.52. The number of phenolic OH excluding ortho intramolecular Hbond substituents is 1. The van der Waals surface area contributed by atoms with Crippen molar-refractivity contribution in [3.63, 3.8) is 0 Å². The Morgan fingerprint density at radius 3 is 3.00 bits per heavy atom. The summed E-state index contributed by atoms with van der Waals surface area (Å²) in [5.74, 6) is 1.12. The van der Waals surface area contributed by atoms with Crippen LogP contribution in [0, 0.1) is 0 Å². The number of hydrogen-bond acceptors (Lipinski definition) is 6. The normalized spacial score (nSPS) is 11.2. The van der Waals surface area contributed by atoms with Crippen molar-refractivity contribution in [2.24, 2.45) is 0 Å². The van der Waals surface area contributed by atoms with Gasteiger partial charge >= 0.3 is 0 Å². The summed E-state index contributed by atoms with van der Waals surface area (Å²) in [6, 6.07) is 10.8. The van der Waals surface area contributed by atoms with E-state index in [0.717, 1.165) is 16.6 Å². The maximum absolute atomic E-state index is 9.50.